The Morgan fingerprint density at radius 3 is 2.21 bits per heavy atom. The van der Waals surface area contributed by atoms with E-state index in [0.29, 0.717) is 16.8 Å². The van der Waals surface area contributed by atoms with Gasteiger partial charge < -0.3 is 4.74 Å². The van der Waals surface area contributed by atoms with Gasteiger partial charge in [-0.15, -0.1) is 11.6 Å². The van der Waals surface area contributed by atoms with Gasteiger partial charge in [-0.05, 0) is 55.5 Å². The van der Waals surface area contributed by atoms with Crippen molar-refractivity contribution in [2.24, 2.45) is 0 Å². The highest BCUT2D eigenvalue weighted by atomic mass is 35.5. The van der Waals surface area contributed by atoms with Gasteiger partial charge >= 0.3 is 6.09 Å². The van der Waals surface area contributed by atoms with Crippen LogP contribution < -0.4 is 4.90 Å². The molecule has 1 aliphatic heterocycles. The lowest BCUT2D eigenvalue weighted by Crippen LogP contribution is -2.46. The van der Waals surface area contributed by atoms with Crippen molar-refractivity contribution in [1.82, 2.24) is 0 Å². The number of hydrogen-bond donors (Lipinski definition) is 0. The average Bonchev–Trinajstić information content (AvgIpc) is 3.07. The number of hydrogen-bond acceptors (Lipinski definition) is 4. The normalized spacial score (nSPS) is 18.2. The van der Waals surface area contributed by atoms with Crippen molar-refractivity contribution >= 4 is 29.3 Å². The lowest BCUT2D eigenvalue weighted by Gasteiger charge is -2.30. The first-order chi connectivity index (χ1) is 16.2. The zero-order chi connectivity index (χ0) is 24.5. The maximum Gasteiger partial charge on any atom is 0.421 e. The fourth-order valence-electron chi connectivity index (χ4n) is 4.42. The number of nitriles is 1. The van der Waals surface area contributed by atoms with E-state index >= 15 is 0 Å². The molecule has 3 aromatic rings. The van der Waals surface area contributed by atoms with E-state index in [-0.39, 0.29) is 6.42 Å². The third kappa shape index (κ3) is 4.18. The summed E-state index contributed by atoms with van der Waals surface area (Å²) in [5.74, 6) is -0.476. The van der Waals surface area contributed by atoms with Crippen LogP contribution >= 0.6 is 11.6 Å². The van der Waals surface area contributed by atoms with E-state index in [4.69, 9.17) is 16.3 Å². The first kappa shape index (κ1) is 23.5. The molecule has 34 heavy (non-hydrogen) atoms. The number of amides is 2. The molecule has 0 spiro atoms. The molecule has 6 heteroatoms. The quantitative estimate of drug-likeness (QED) is 0.409. The molecule has 0 saturated heterocycles. The van der Waals surface area contributed by atoms with Crippen molar-refractivity contribution in [1.29, 1.82) is 5.26 Å². The summed E-state index contributed by atoms with van der Waals surface area (Å²) >= 11 is 6.33. The summed E-state index contributed by atoms with van der Waals surface area (Å²) < 4.78 is 5.55. The van der Waals surface area contributed by atoms with Gasteiger partial charge in [-0.25, -0.2) is 9.69 Å². The van der Waals surface area contributed by atoms with Crippen LogP contribution in [0, 0.1) is 11.3 Å². The Labute approximate surface area is 204 Å². The molecule has 0 unspecified atom stereocenters. The number of ether oxygens (including phenoxy) is 1. The van der Waals surface area contributed by atoms with E-state index < -0.39 is 28.4 Å². The molecule has 3 aromatic carbocycles. The number of benzene rings is 3. The lowest BCUT2D eigenvalue weighted by atomic mass is 9.72. The fraction of sp³-hybridized carbons (Fsp3) is 0.250. The predicted octanol–water partition coefficient (Wildman–Crippen LogP) is 6.44. The molecule has 4 rings (SSSR count). The number of anilines is 1. The molecule has 1 aliphatic rings. The molecule has 0 bridgehead atoms. The molecular formula is C28H25ClN2O3. The van der Waals surface area contributed by atoms with Crippen molar-refractivity contribution in [2.45, 2.75) is 43.6 Å². The predicted molar refractivity (Wildman–Crippen MR) is 133 cm³/mol. The van der Waals surface area contributed by atoms with Gasteiger partial charge in [0.15, 0.2) is 0 Å². The molecule has 0 N–H and O–H groups in total. The number of carbonyl (C=O) groups is 2. The number of alkyl halides is 1. The van der Waals surface area contributed by atoms with Gasteiger partial charge in [0.2, 0.25) is 0 Å². The molecule has 5 nitrogen and oxygen atoms in total. The Hall–Kier alpha value is -3.62. The summed E-state index contributed by atoms with van der Waals surface area (Å²) in [4.78, 5) is 28.3. The number of imide groups is 1. The van der Waals surface area contributed by atoms with Crippen LogP contribution in [0.2, 0.25) is 0 Å². The highest BCUT2D eigenvalue weighted by molar-refractivity contribution is 6.25. The smallest absolute Gasteiger partial charge is 0.421 e. The van der Waals surface area contributed by atoms with Crippen LogP contribution in [-0.4, -0.2) is 23.0 Å². The van der Waals surface area contributed by atoms with Crippen LogP contribution in [0.3, 0.4) is 0 Å². The topological polar surface area (TPSA) is 70.4 Å². The van der Waals surface area contributed by atoms with Crippen LogP contribution in [0.25, 0.3) is 11.1 Å². The first-order valence-corrected chi connectivity index (χ1v) is 11.5. The van der Waals surface area contributed by atoms with Crippen LogP contribution in [0.15, 0.2) is 78.9 Å². The number of para-hydroxylation sites is 1. The van der Waals surface area contributed by atoms with Crippen molar-refractivity contribution in [3.63, 3.8) is 0 Å². The summed E-state index contributed by atoms with van der Waals surface area (Å²) in [5.41, 5.74) is 1.68. The minimum atomic E-state index is -1.30. The zero-order valence-corrected chi connectivity index (χ0v) is 20.0. The lowest BCUT2D eigenvalue weighted by molar-refractivity contribution is -0.121. The number of fused-ring (bicyclic) bond motifs is 1. The van der Waals surface area contributed by atoms with Crippen molar-refractivity contribution in [3.05, 3.63) is 90.0 Å². The maximum absolute atomic E-state index is 14.1. The highest BCUT2D eigenvalue weighted by Gasteiger charge is 2.55. The molecular weight excluding hydrogens is 448 g/mol. The summed E-state index contributed by atoms with van der Waals surface area (Å²) in [6.45, 7) is 5.24. The van der Waals surface area contributed by atoms with Crippen molar-refractivity contribution in [2.75, 3.05) is 4.90 Å². The van der Waals surface area contributed by atoms with E-state index in [1.807, 2.05) is 72.8 Å². The van der Waals surface area contributed by atoms with Gasteiger partial charge in [0.1, 0.15) is 16.4 Å². The van der Waals surface area contributed by atoms with E-state index in [1.165, 1.54) is 0 Å². The standard InChI is InChI=1S/C28H25ClN2O3/c1-27(2,3)34-26(33)31-24-12-8-7-11-23(24)28(25(31)32,17-22(29)18-30)21-15-13-20(14-16-21)19-9-5-4-6-10-19/h4-16,22H,17H2,1-3H3/t22-,28+/m0/s1. The van der Waals surface area contributed by atoms with Crippen LogP contribution in [0.1, 0.15) is 38.3 Å². The molecule has 2 atom stereocenters. The van der Waals surface area contributed by atoms with Crippen LogP contribution in [0.4, 0.5) is 10.5 Å². The van der Waals surface area contributed by atoms with E-state index in [1.54, 1.807) is 32.9 Å². The molecule has 1 heterocycles. The first-order valence-electron chi connectivity index (χ1n) is 11.0. The Kier molecular flexibility index (Phi) is 6.20. The van der Waals surface area contributed by atoms with Crippen molar-refractivity contribution in [3.8, 4) is 17.2 Å². The van der Waals surface area contributed by atoms with Gasteiger partial charge in [-0.1, -0.05) is 72.8 Å². The SMILES string of the molecule is CC(C)(C)OC(=O)N1C(=O)[C@](C[C@H](Cl)C#N)(c2ccc(-c3ccccc3)cc2)c2ccccc21. The minimum absolute atomic E-state index is 0.0187. The maximum atomic E-state index is 14.1. The Morgan fingerprint density at radius 1 is 1.00 bits per heavy atom. The average molecular weight is 473 g/mol. The Morgan fingerprint density at radius 2 is 1.59 bits per heavy atom. The van der Waals surface area contributed by atoms with Gasteiger partial charge in [0.25, 0.3) is 5.91 Å². The third-order valence-corrected chi connectivity index (χ3v) is 6.11. The highest BCUT2D eigenvalue weighted by Crippen LogP contribution is 2.50. The molecule has 0 aromatic heterocycles. The zero-order valence-electron chi connectivity index (χ0n) is 19.3. The number of carbonyl (C=O) groups excluding carboxylic acids is 2. The van der Waals surface area contributed by atoms with Gasteiger partial charge in [0.05, 0.1) is 11.8 Å². The Balaban J connectivity index is 1.87. The molecule has 2 amide bonds. The second-order valence-corrected chi connectivity index (χ2v) is 9.81. The van der Waals surface area contributed by atoms with E-state index in [9.17, 15) is 14.9 Å². The Bertz CT molecular complexity index is 1260. The van der Waals surface area contributed by atoms with Gasteiger partial charge in [-0.3, -0.25) is 4.79 Å². The summed E-state index contributed by atoms with van der Waals surface area (Å²) in [5, 5.41) is 8.57. The second-order valence-electron chi connectivity index (χ2n) is 9.29. The van der Waals surface area contributed by atoms with Gasteiger partial charge in [0, 0.05) is 0 Å². The summed E-state index contributed by atoms with van der Waals surface area (Å²) in [6.07, 6.45) is -0.735. The monoisotopic (exact) mass is 472 g/mol. The van der Waals surface area contributed by atoms with E-state index in [2.05, 4.69) is 0 Å². The van der Waals surface area contributed by atoms with Crippen LogP contribution in [0.5, 0.6) is 0 Å². The van der Waals surface area contributed by atoms with Crippen molar-refractivity contribution < 1.29 is 14.3 Å². The molecule has 0 aliphatic carbocycles. The summed E-state index contributed by atoms with van der Waals surface area (Å²) in [7, 11) is 0. The molecule has 172 valence electrons. The number of halogens is 1. The van der Waals surface area contributed by atoms with Gasteiger partial charge in [-0.2, -0.15) is 5.26 Å². The van der Waals surface area contributed by atoms with E-state index in [0.717, 1.165) is 16.0 Å². The molecule has 0 fully saturated rings. The summed E-state index contributed by atoms with van der Waals surface area (Å²) in [6, 6.07) is 26.7. The fourth-order valence-corrected chi connectivity index (χ4v) is 4.65. The second kappa shape index (κ2) is 8.96. The number of nitrogens with zero attached hydrogens (tertiary/aromatic N) is 2. The number of rotatable bonds is 4. The molecule has 0 saturated carbocycles. The third-order valence-electron chi connectivity index (χ3n) is 5.86. The molecule has 0 radical (unpaired) electrons. The largest absolute Gasteiger partial charge is 0.443 e. The minimum Gasteiger partial charge on any atom is -0.443 e. The van der Waals surface area contributed by atoms with Crippen LogP contribution in [-0.2, 0) is 14.9 Å².